The Kier molecular flexibility index (Phi) is 67.4. The Bertz CT molecular complexity index is 1410. The van der Waals surface area contributed by atoms with Gasteiger partial charge in [0.15, 0.2) is 6.29 Å². The van der Waals surface area contributed by atoms with Gasteiger partial charge in [0.05, 0.1) is 25.4 Å². The summed E-state index contributed by atoms with van der Waals surface area (Å²) in [4.78, 5) is 13.2. The Morgan fingerprint density at radius 1 is 0.371 bits per heavy atom. The molecule has 1 rings (SSSR count). The summed E-state index contributed by atoms with van der Waals surface area (Å²) in [6.07, 6.45) is 85.2. The molecule has 1 amide bonds. The number of rotatable bonds is 73. The zero-order valence-electron chi connectivity index (χ0n) is 59.7. The van der Waals surface area contributed by atoms with Gasteiger partial charge in [-0.05, 0) is 19.3 Å². The third-order valence-electron chi connectivity index (χ3n) is 19.9. The van der Waals surface area contributed by atoms with Crippen molar-refractivity contribution >= 4 is 5.91 Å². The van der Waals surface area contributed by atoms with E-state index in [9.17, 15) is 30.3 Å². The van der Waals surface area contributed by atoms with Crippen LogP contribution in [0.2, 0.25) is 0 Å². The first-order valence-electron chi connectivity index (χ1n) is 40.4. The molecular formula is C80H157NO8. The van der Waals surface area contributed by atoms with Crippen molar-refractivity contribution in [3.63, 3.8) is 0 Å². The van der Waals surface area contributed by atoms with E-state index in [0.29, 0.717) is 6.42 Å². The second-order valence-electron chi connectivity index (χ2n) is 28.6. The van der Waals surface area contributed by atoms with E-state index >= 15 is 0 Å². The number of unbranched alkanes of at least 4 members (excludes halogenated alkanes) is 63. The highest BCUT2D eigenvalue weighted by atomic mass is 16.7. The van der Waals surface area contributed by atoms with Gasteiger partial charge in [0, 0.05) is 6.42 Å². The summed E-state index contributed by atoms with van der Waals surface area (Å²) < 4.78 is 11.4. The lowest BCUT2D eigenvalue weighted by Gasteiger charge is -2.40. The molecule has 1 aliphatic heterocycles. The summed E-state index contributed by atoms with van der Waals surface area (Å²) in [5.41, 5.74) is 0. The van der Waals surface area contributed by atoms with Gasteiger partial charge in [-0.25, -0.2) is 0 Å². The monoisotopic (exact) mass is 1260 g/mol. The molecule has 0 radical (unpaired) electrons. The maximum Gasteiger partial charge on any atom is 0.220 e. The minimum atomic E-state index is -1.57. The Hall–Kier alpha value is -1.07. The first-order valence-corrected chi connectivity index (χ1v) is 40.4. The van der Waals surface area contributed by atoms with E-state index in [2.05, 4.69) is 19.2 Å². The lowest BCUT2D eigenvalue weighted by Crippen LogP contribution is -2.60. The summed E-state index contributed by atoms with van der Waals surface area (Å²) in [5.74, 6) is -0.165. The van der Waals surface area contributed by atoms with Crippen LogP contribution in [-0.2, 0) is 14.3 Å². The number of amides is 1. The van der Waals surface area contributed by atoms with Crippen LogP contribution in [-0.4, -0.2) is 87.5 Å². The van der Waals surface area contributed by atoms with E-state index < -0.39 is 49.5 Å². The average Bonchev–Trinajstić information content (AvgIpc) is 2.28. The van der Waals surface area contributed by atoms with E-state index in [1.807, 2.05) is 6.08 Å². The van der Waals surface area contributed by atoms with Gasteiger partial charge < -0.3 is 40.3 Å². The minimum Gasteiger partial charge on any atom is -0.394 e. The third kappa shape index (κ3) is 58.1. The second-order valence-corrected chi connectivity index (χ2v) is 28.6. The molecule has 1 fully saturated rings. The molecule has 0 aromatic rings. The van der Waals surface area contributed by atoms with Crippen LogP contribution in [0.5, 0.6) is 0 Å². The summed E-state index contributed by atoms with van der Waals surface area (Å²) in [7, 11) is 0. The van der Waals surface area contributed by atoms with Crippen molar-refractivity contribution < 1.29 is 39.8 Å². The summed E-state index contributed by atoms with van der Waals surface area (Å²) in [6, 6.07) is -0.803. The molecule has 1 heterocycles. The molecule has 89 heavy (non-hydrogen) atoms. The standard InChI is InChI=1S/C80H157NO8/c1-3-5-7-9-11-13-15-17-19-21-23-25-27-29-31-33-35-37-39-41-43-45-47-49-51-53-55-57-59-61-63-65-67-69-74(83)73(72-88-80-79(87)78(86)77(85)75(71-82)89-80)81-76(84)70-68-66-64-62-60-58-56-54-52-50-48-46-44-42-40-38-36-34-32-30-28-26-24-22-20-18-16-14-12-10-8-6-4-2/h67,69,73-75,77-80,82-83,85-87H,3-66,68,70-72H2,1-2H3,(H,81,84)/b69-67+. The van der Waals surface area contributed by atoms with E-state index in [-0.39, 0.29) is 12.5 Å². The van der Waals surface area contributed by atoms with Crippen molar-refractivity contribution in [2.24, 2.45) is 0 Å². The number of hydrogen-bond donors (Lipinski definition) is 6. The van der Waals surface area contributed by atoms with Crippen LogP contribution in [0.25, 0.3) is 0 Å². The van der Waals surface area contributed by atoms with Crippen LogP contribution in [0.3, 0.4) is 0 Å². The minimum absolute atomic E-state index is 0.165. The molecule has 7 unspecified atom stereocenters. The first kappa shape index (κ1) is 85.9. The normalized spacial score (nSPS) is 17.8. The van der Waals surface area contributed by atoms with Gasteiger partial charge in [-0.3, -0.25) is 4.79 Å². The third-order valence-corrected chi connectivity index (χ3v) is 19.9. The van der Waals surface area contributed by atoms with Crippen LogP contribution in [0, 0.1) is 0 Å². The molecule has 6 N–H and O–H groups in total. The molecule has 1 aliphatic rings. The zero-order valence-corrected chi connectivity index (χ0v) is 59.7. The molecule has 0 aromatic carbocycles. The van der Waals surface area contributed by atoms with Gasteiger partial charge in [-0.15, -0.1) is 0 Å². The van der Waals surface area contributed by atoms with E-state index in [0.717, 1.165) is 38.5 Å². The summed E-state index contributed by atoms with van der Waals surface area (Å²) in [5, 5.41) is 54.9. The fraction of sp³-hybridized carbons (Fsp3) is 0.963. The molecule has 0 aromatic heterocycles. The zero-order chi connectivity index (χ0) is 64.2. The van der Waals surface area contributed by atoms with E-state index in [1.54, 1.807) is 6.08 Å². The van der Waals surface area contributed by atoms with E-state index in [1.165, 1.54) is 379 Å². The maximum absolute atomic E-state index is 13.2. The quantitative estimate of drug-likeness (QED) is 0.0261. The van der Waals surface area contributed by atoms with Crippen LogP contribution in [0.15, 0.2) is 12.2 Å². The van der Waals surface area contributed by atoms with Crippen molar-refractivity contribution in [3.05, 3.63) is 12.2 Å². The number of carbonyl (C=O) groups excluding carboxylic acids is 1. The molecule has 0 saturated carbocycles. The smallest absolute Gasteiger partial charge is 0.220 e. The average molecular weight is 1260 g/mol. The van der Waals surface area contributed by atoms with Crippen molar-refractivity contribution in [2.45, 2.75) is 480 Å². The fourth-order valence-corrected chi connectivity index (χ4v) is 13.6. The Morgan fingerprint density at radius 3 is 0.876 bits per heavy atom. The molecular weight excluding hydrogens is 1100 g/mol. The van der Waals surface area contributed by atoms with Gasteiger partial charge in [0.2, 0.25) is 5.91 Å². The molecule has 7 atom stereocenters. The lowest BCUT2D eigenvalue weighted by atomic mass is 9.99. The summed E-state index contributed by atoms with van der Waals surface area (Å²) >= 11 is 0. The van der Waals surface area contributed by atoms with Gasteiger partial charge in [0.1, 0.15) is 24.4 Å². The first-order chi connectivity index (χ1) is 43.8. The van der Waals surface area contributed by atoms with Crippen molar-refractivity contribution in [1.82, 2.24) is 5.32 Å². The molecule has 9 nitrogen and oxygen atoms in total. The SMILES string of the molecule is CCCCCCCCCCCCCCCCCCCCCCCCCCCCCCCCC/C=C/C(O)C(COC1OC(CO)C(O)C(O)C1O)NC(=O)CCCCCCCCCCCCCCCCCCCCCCCCCCCCCCCCCCC. The lowest BCUT2D eigenvalue weighted by molar-refractivity contribution is -0.302. The summed E-state index contributed by atoms with van der Waals surface area (Å²) in [6.45, 7) is 3.86. The van der Waals surface area contributed by atoms with Crippen LogP contribution in [0.1, 0.15) is 438 Å². The number of nitrogens with one attached hydrogen (secondary N) is 1. The largest absolute Gasteiger partial charge is 0.394 e. The number of allylic oxidation sites excluding steroid dienone is 1. The highest BCUT2D eigenvalue weighted by Crippen LogP contribution is 2.24. The van der Waals surface area contributed by atoms with Gasteiger partial charge >= 0.3 is 0 Å². The number of aliphatic hydroxyl groups excluding tert-OH is 5. The predicted octanol–water partition coefficient (Wildman–Crippen LogP) is 23.0. The molecule has 9 heteroatoms. The van der Waals surface area contributed by atoms with Crippen molar-refractivity contribution in [2.75, 3.05) is 13.2 Å². The van der Waals surface area contributed by atoms with Gasteiger partial charge in [-0.2, -0.15) is 0 Å². The Balaban J connectivity index is 2.05. The topological polar surface area (TPSA) is 149 Å². The van der Waals surface area contributed by atoms with Crippen molar-refractivity contribution in [1.29, 1.82) is 0 Å². The van der Waals surface area contributed by atoms with Crippen LogP contribution < -0.4 is 5.32 Å². The highest BCUT2D eigenvalue weighted by Gasteiger charge is 2.44. The molecule has 1 saturated heterocycles. The Labute approximate surface area is 554 Å². The second kappa shape index (κ2) is 69.8. The molecule has 0 bridgehead atoms. The fourth-order valence-electron chi connectivity index (χ4n) is 13.6. The molecule has 530 valence electrons. The molecule has 0 spiro atoms. The maximum atomic E-state index is 13.2. The predicted molar refractivity (Wildman–Crippen MR) is 383 cm³/mol. The Morgan fingerprint density at radius 2 is 0.618 bits per heavy atom. The van der Waals surface area contributed by atoms with Crippen LogP contribution in [0.4, 0.5) is 0 Å². The number of aliphatic hydroxyl groups is 5. The number of hydrogen-bond acceptors (Lipinski definition) is 8. The highest BCUT2D eigenvalue weighted by molar-refractivity contribution is 5.76. The number of carbonyl (C=O) groups is 1. The van der Waals surface area contributed by atoms with E-state index in [4.69, 9.17) is 9.47 Å². The van der Waals surface area contributed by atoms with Gasteiger partial charge in [0.25, 0.3) is 0 Å². The molecule has 0 aliphatic carbocycles. The number of ether oxygens (including phenoxy) is 2. The van der Waals surface area contributed by atoms with Crippen molar-refractivity contribution in [3.8, 4) is 0 Å². The van der Waals surface area contributed by atoms with Crippen LogP contribution >= 0.6 is 0 Å². The van der Waals surface area contributed by atoms with Gasteiger partial charge in [-0.1, -0.05) is 424 Å².